The topological polar surface area (TPSA) is 92.4 Å². The van der Waals surface area contributed by atoms with Crippen molar-refractivity contribution in [2.24, 2.45) is 5.92 Å². The first kappa shape index (κ1) is 19.7. The van der Waals surface area contributed by atoms with E-state index in [4.69, 9.17) is 4.74 Å². The second-order valence-electron chi connectivity index (χ2n) is 7.90. The van der Waals surface area contributed by atoms with Gasteiger partial charge in [0, 0.05) is 12.1 Å². The Hall–Kier alpha value is -3.09. The Bertz CT molecular complexity index is 848. The first-order valence-electron chi connectivity index (χ1n) is 9.31. The average molecular weight is 382 g/mol. The Morgan fingerprint density at radius 3 is 2.57 bits per heavy atom. The van der Waals surface area contributed by atoms with Crippen LogP contribution in [-0.4, -0.2) is 28.6 Å². The number of hydrogen-bond acceptors (Lipinski definition) is 5. The first-order chi connectivity index (χ1) is 13.2. The Labute approximate surface area is 164 Å². The molecule has 1 unspecified atom stereocenters. The van der Waals surface area contributed by atoms with Crippen LogP contribution < -0.4 is 16.0 Å². The van der Waals surface area contributed by atoms with Gasteiger partial charge in [-0.1, -0.05) is 37.3 Å². The van der Waals surface area contributed by atoms with Gasteiger partial charge in [-0.3, -0.25) is 4.79 Å². The van der Waals surface area contributed by atoms with Crippen molar-refractivity contribution in [2.45, 2.75) is 45.4 Å². The summed E-state index contributed by atoms with van der Waals surface area (Å²) in [5.74, 6) is 0.174. The van der Waals surface area contributed by atoms with E-state index in [0.29, 0.717) is 11.5 Å². The molecule has 7 nitrogen and oxygen atoms in total. The molecule has 0 spiro atoms. The van der Waals surface area contributed by atoms with Gasteiger partial charge in [0.25, 0.3) is 0 Å². The maximum absolute atomic E-state index is 12.7. The highest BCUT2D eigenvalue weighted by Gasteiger charge is 2.36. The fraction of sp³-hybridized carbons (Fsp3) is 0.381. The lowest BCUT2D eigenvalue weighted by Gasteiger charge is -2.35. The average Bonchev–Trinajstić information content (AvgIpc) is 2.64. The van der Waals surface area contributed by atoms with Crippen LogP contribution in [0.2, 0.25) is 0 Å². The summed E-state index contributed by atoms with van der Waals surface area (Å²) in [5.41, 5.74) is 0.923. The third-order valence-electron chi connectivity index (χ3n) is 4.52. The molecule has 28 heavy (non-hydrogen) atoms. The summed E-state index contributed by atoms with van der Waals surface area (Å²) in [6, 6.07) is 12.1. The highest BCUT2D eigenvalue weighted by Crippen LogP contribution is 2.32. The van der Waals surface area contributed by atoms with Crippen LogP contribution in [0.15, 0.2) is 48.7 Å². The van der Waals surface area contributed by atoms with Gasteiger partial charge in [0.05, 0.1) is 11.7 Å². The van der Waals surface area contributed by atoms with Crippen molar-refractivity contribution < 1.29 is 14.3 Å². The molecule has 148 valence electrons. The van der Waals surface area contributed by atoms with Crippen molar-refractivity contribution in [1.82, 2.24) is 10.3 Å². The quantitative estimate of drug-likeness (QED) is 0.750. The van der Waals surface area contributed by atoms with E-state index in [1.807, 2.05) is 58.0 Å². The molecule has 0 aliphatic carbocycles. The number of pyridine rings is 1. The molecule has 1 aliphatic rings. The maximum atomic E-state index is 12.7. The van der Waals surface area contributed by atoms with Gasteiger partial charge in [0.15, 0.2) is 0 Å². The van der Waals surface area contributed by atoms with Crippen LogP contribution in [0.3, 0.4) is 0 Å². The van der Waals surface area contributed by atoms with Crippen molar-refractivity contribution in [3.63, 3.8) is 0 Å². The third-order valence-corrected chi connectivity index (χ3v) is 4.52. The summed E-state index contributed by atoms with van der Waals surface area (Å²) in [7, 11) is 0. The van der Waals surface area contributed by atoms with Crippen LogP contribution in [0.4, 0.5) is 16.3 Å². The van der Waals surface area contributed by atoms with Gasteiger partial charge >= 0.3 is 6.09 Å². The summed E-state index contributed by atoms with van der Waals surface area (Å²) >= 11 is 0. The molecular formula is C21H26N4O3. The van der Waals surface area contributed by atoms with Crippen molar-refractivity contribution in [3.05, 3.63) is 54.2 Å². The Morgan fingerprint density at radius 1 is 1.18 bits per heavy atom. The number of ether oxygens (including phenoxy) is 1. The molecule has 0 fully saturated rings. The van der Waals surface area contributed by atoms with E-state index in [9.17, 15) is 9.59 Å². The lowest BCUT2D eigenvalue weighted by atomic mass is 9.87. The molecule has 0 saturated heterocycles. The van der Waals surface area contributed by atoms with Crippen LogP contribution in [0.25, 0.3) is 0 Å². The van der Waals surface area contributed by atoms with Gasteiger partial charge in [-0.05, 0) is 38.5 Å². The van der Waals surface area contributed by atoms with E-state index in [0.717, 1.165) is 5.56 Å². The number of anilines is 2. The molecule has 3 N–H and O–H groups in total. The highest BCUT2D eigenvalue weighted by molar-refractivity contribution is 6.02. The van der Waals surface area contributed by atoms with Crippen LogP contribution in [0, 0.1) is 5.92 Å². The second-order valence-corrected chi connectivity index (χ2v) is 7.90. The zero-order chi connectivity index (χ0) is 20.3. The fourth-order valence-corrected chi connectivity index (χ4v) is 3.22. The normalized spacial score (nSPS) is 18.1. The van der Waals surface area contributed by atoms with Gasteiger partial charge in [-0.2, -0.15) is 0 Å². The standard InChI is InChI=1S/C21H26N4O3/c1-13(17-19(26)23-15-11-8-12-22-18(15)24-17)16(14-9-6-5-7-10-14)25-20(27)28-21(2,3)4/h5-13,16-17H,1-4H3,(H,22,24)(H,23,26)(H,25,27)/t13?,16-,17-/m1/s1. The van der Waals surface area contributed by atoms with E-state index < -0.39 is 23.8 Å². The van der Waals surface area contributed by atoms with Crippen LogP contribution >= 0.6 is 0 Å². The molecule has 1 aromatic heterocycles. The maximum Gasteiger partial charge on any atom is 0.408 e. The summed E-state index contributed by atoms with van der Waals surface area (Å²) < 4.78 is 5.43. The summed E-state index contributed by atoms with van der Waals surface area (Å²) in [6.07, 6.45) is 1.14. The smallest absolute Gasteiger partial charge is 0.408 e. The number of rotatable bonds is 4. The third kappa shape index (κ3) is 4.60. The largest absolute Gasteiger partial charge is 0.444 e. The number of carbonyl (C=O) groups is 2. The predicted molar refractivity (Wildman–Crippen MR) is 108 cm³/mol. The number of aromatic nitrogens is 1. The number of carbonyl (C=O) groups excluding carboxylic acids is 2. The molecule has 3 rings (SSSR count). The number of amides is 2. The minimum atomic E-state index is -0.613. The molecule has 0 saturated carbocycles. The monoisotopic (exact) mass is 382 g/mol. The number of nitrogens with zero attached hydrogens (tertiary/aromatic N) is 1. The van der Waals surface area contributed by atoms with Crippen LogP contribution in [-0.2, 0) is 9.53 Å². The number of alkyl carbamates (subject to hydrolysis) is 1. The Balaban J connectivity index is 1.85. The van der Waals surface area contributed by atoms with E-state index >= 15 is 0 Å². The molecule has 0 radical (unpaired) electrons. The Kier molecular flexibility index (Phi) is 5.53. The summed E-state index contributed by atoms with van der Waals surface area (Å²) in [5, 5.41) is 9.01. The van der Waals surface area contributed by atoms with Crippen LogP contribution in [0.5, 0.6) is 0 Å². The first-order valence-corrected chi connectivity index (χ1v) is 9.31. The molecule has 3 atom stereocenters. The fourth-order valence-electron chi connectivity index (χ4n) is 3.22. The lowest BCUT2D eigenvalue weighted by Crippen LogP contribution is -2.49. The van der Waals surface area contributed by atoms with Crippen molar-refractivity contribution in [3.8, 4) is 0 Å². The highest BCUT2D eigenvalue weighted by atomic mass is 16.6. The summed E-state index contributed by atoms with van der Waals surface area (Å²) in [4.78, 5) is 29.4. The van der Waals surface area contributed by atoms with Gasteiger partial charge in [-0.25, -0.2) is 9.78 Å². The van der Waals surface area contributed by atoms with Crippen LogP contribution in [0.1, 0.15) is 39.3 Å². The van der Waals surface area contributed by atoms with E-state index in [2.05, 4.69) is 20.9 Å². The number of nitrogens with one attached hydrogen (secondary N) is 3. The zero-order valence-corrected chi connectivity index (χ0v) is 16.5. The molecule has 2 aromatic rings. The predicted octanol–water partition coefficient (Wildman–Crippen LogP) is 3.72. The molecular weight excluding hydrogens is 356 g/mol. The Morgan fingerprint density at radius 2 is 1.89 bits per heavy atom. The van der Waals surface area contributed by atoms with Crippen molar-refractivity contribution in [1.29, 1.82) is 0 Å². The van der Waals surface area contributed by atoms with E-state index in [1.165, 1.54) is 0 Å². The lowest BCUT2D eigenvalue weighted by molar-refractivity contribution is -0.118. The minimum Gasteiger partial charge on any atom is -0.444 e. The van der Waals surface area contributed by atoms with Crippen molar-refractivity contribution in [2.75, 3.05) is 10.6 Å². The number of benzene rings is 1. The van der Waals surface area contributed by atoms with Gasteiger partial charge in [-0.15, -0.1) is 0 Å². The molecule has 0 bridgehead atoms. The zero-order valence-electron chi connectivity index (χ0n) is 16.5. The van der Waals surface area contributed by atoms with Gasteiger partial charge in [0.2, 0.25) is 5.91 Å². The summed E-state index contributed by atoms with van der Waals surface area (Å²) in [6.45, 7) is 7.35. The molecule has 7 heteroatoms. The van der Waals surface area contributed by atoms with E-state index in [1.54, 1.807) is 18.3 Å². The molecule has 1 aliphatic heterocycles. The SMILES string of the molecule is CC([C@H]1Nc2ncccc2NC1=O)[C@@H](NC(=O)OC(C)(C)C)c1ccccc1. The van der Waals surface area contributed by atoms with Crippen molar-refractivity contribution >= 4 is 23.5 Å². The van der Waals surface area contributed by atoms with E-state index in [-0.39, 0.29) is 11.8 Å². The molecule has 1 aromatic carbocycles. The molecule has 2 heterocycles. The van der Waals surface area contributed by atoms with Gasteiger partial charge < -0.3 is 20.7 Å². The molecule has 2 amide bonds. The second kappa shape index (κ2) is 7.88. The number of hydrogen-bond donors (Lipinski definition) is 3. The number of fused-ring (bicyclic) bond motifs is 1. The minimum absolute atomic E-state index is 0.167. The van der Waals surface area contributed by atoms with Gasteiger partial charge in [0.1, 0.15) is 17.5 Å².